The van der Waals surface area contributed by atoms with Crippen molar-refractivity contribution in [3.8, 4) is 11.5 Å². The molecule has 0 spiro atoms. The van der Waals surface area contributed by atoms with Gasteiger partial charge in [0.05, 0.1) is 12.7 Å². The summed E-state index contributed by atoms with van der Waals surface area (Å²) in [6, 6.07) is 11.7. The zero-order valence-corrected chi connectivity index (χ0v) is 13.8. The molecule has 24 heavy (non-hydrogen) atoms. The number of allylic oxidation sites excluding steroid dienone is 1. The maximum atomic E-state index is 12.7. The standard InChI is InChI=1S/C20H17NO3/c1-12-17(23-3)9-8-15-19(22)18(24-20(12)15)10-13-11-21(2)16-7-5-4-6-14(13)16/h4-11H,1-3H3/b18-10-. The van der Waals surface area contributed by atoms with Gasteiger partial charge in [-0.25, -0.2) is 0 Å². The summed E-state index contributed by atoms with van der Waals surface area (Å²) in [4.78, 5) is 12.7. The molecule has 4 nitrogen and oxygen atoms in total. The molecule has 3 aromatic rings. The Bertz CT molecular complexity index is 1010. The van der Waals surface area contributed by atoms with E-state index in [0.29, 0.717) is 22.8 Å². The van der Waals surface area contributed by atoms with E-state index in [1.165, 1.54) is 0 Å². The van der Waals surface area contributed by atoms with E-state index in [0.717, 1.165) is 22.0 Å². The Morgan fingerprint density at radius 2 is 1.96 bits per heavy atom. The highest BCUT2D eigenvalue weighted by Crippen LogP contribution is 2.39. The molecule has 2 aromatic carbocycles. The number of carbonyl (C=O) groups is 1. The van der Waals surface area contributed by atoms with Crippen molar-refractivity contribution < 1.29 is 14.3 Å². The molecule has 0 fully saturated rings. The van der Waals surface area contributed by atoms with Crippen LogP contribution < -0.4 is 9.47 Å². The van der Waals surface area contributed by atoms with Gasteiger partial charge >= 0.3 is 0 Å². The summed E-state index contributed by atoms with van der Waals surface area (Å²) in [6.45, 7) is 1.89. The number of rotatable bonds is 2. The van der Waals surface area contributed by atoms with Crippen molar-refractivity contribution in [2.24, 2.45) is 7.05 Å². The summed E-state index contributed by atoms with van der Waals surface area (Å²) in [6.07, 6.45) is 3.82. The van der Waals surface area contributed by atoms with Crippen molar-refractivity contribution >= 4 is 22.8 Å². The topological polar surface area (TPSA) is 40.5 Å². The lowest BCUT2D eigenvalue weighted by atomic mass is 10.1. The van der Waals surface area contributed by atoms with Crippen molar-refractivity contribution in [3.63, 3.8) is 0 Å². The number of aryl methyl sites for hydroxylation is 1. The van der Waals surface area contributed by atoms with Crippen LogP contribution in [0.15, 0.2) is 48.4 Å². The predicted molar refractivity (Wildman–Crippen MR) is 93.6 cm³/mol. The molecule has 4 rings (SSSR count). The molecule has 0 unspecified atom stereocenters. The van der Waals surface area contributed by atoms with Gasteiger partial charge in [-0.2, -0.15) is 0 Å². The highest BCUT2D eigenvalue weighted by molar-refractivity contribution is 6.15. The second-order valence-corrected chi connectivity index (χ2v) is 5.92. The highest BCUT2D eigenvalue weighted by atomic mass is 16.5. The first-order valence-electron chi connectivity index (χ1n) is 7.76. The van der Waals surface area contributed by atoms with E-state index in [1.807, 2.05) is 49.0 Å². The third-order valence-electron chi connectivity index (χ3n) is 4.47. The second kappa shape index (κ2) is 5.27. The van der Waals surface area contributed by atoms with Gasteiger partial charge in [0, 0.05) is 35.3 Å². The number of benzene rings is 2. The van der Waals surface area contributed by atoms with Crippen LogP contribution in [-0.4, -0.2) is 17.5 Å². The minimum absolute atomic E-state index is 0.0938. The van der Waals surface area contributed by atoms with Crippen LogP contribution in [0.2, 0.25) is 0 Å². The number of nitrogens with zero attached hydrogens (tertiary/aromatic N) is 1. The maximum absolute atomic E-state index is 12.7. The average molecular weight is 319 g/mol. The molecular formula is C20H17NO3. The quantitative estimate of drug-likeness (QED) is 0.667. The Kier molecular flexibility index (Phi) is 3.20. The third kappa shape index (κ3) is 2.03. The van der Waals surface area contributed by atoms with Crippen LogP contribution in [0.5, 0.6) is 11.5 Å². The molecule has 0 saturated carbocycles. The fraction of sp³-hybridized carbons (Fsp3) is 0.150. The molecule has 0 bridgehead atoms. The number of ether oxygens (including phenoxy) is 2. The lowest BCUT2D eigenvalue weighted by Crippen LogP contribution is -1.97. The summed E-state index contributed by atoms with van der Waals surface area (Å²) in [7, 11) is 3.60. The van der Waals surface area contributed by atoms with Crippen molar-refractivity contribution in [3.05, 3.63) is 65.0 Å². The van der Waals surface area contributed by atoms with Gasteiger partial charge in [0.1, 0.15) is 11.5 Å². The Labute approximate surface area is 139 Å². The van der Waals surface area contributed by atoms with Crippen LogP contribution >= 0.6 is 0 Å². The third-order valence-corrected chi connectivity index (χ3v) is 4.47. The molecule has 0 aliphatic carbocycles. The van der Waals surface area contributed by atoms with Gasteiger partial charge in [0.15, 0.2) is 5.76 Å². The molecule has 0 radical (unpaired) electrons. The largest absolute Gasteiger partial charge is 0.496 e. The van der Waals surface area contributed by atoms with Gasteiger partial charge < -0.3 is 14.0 Å². The second-order valence-electron chi connectivity index (χ2n) is 5.92. The van der Waals surface area contributed by atoms with Crippen LogP contribution in [-0.2, 0) is 7.05 Å². The summed E-state index contributed by atoms with van der Waals surface area (Å²) in [5, 5.41) is 1.09. The maximum Gasteiger partial charge on any atom is 0.231 e. The number of aromatic nitrogens is 1. The SMILES string of the molecule is COc1ccc2c(c1C)O/C(=C\c1cn(C)c3ccccc13)C2=O. The minimum atomic E-state index is -0.0938. The van der Waals surface area contributed by atoms with Gasteiger partial charge in [-0.1, -0.05) is 18.2 Å². The number of hydrogen-bond acceptors (Lipinski definition) is 3. The number of ketones is 1. The van der Waals surface area contributed by atoms with Gasteiger partial charge in [-0.05, 0) is 31.2 Å². The monoisotopic (exact) mass is 319 g/mol. The van der Waals surface area contributed by atoms with Crippen molar-refractivity contribution in [1.82, 2.24) is 4.57 Å². The van der Waals surface area contributed by atoms with Crippen LogP contribution in [0.4, 0.5) is 0 Å². The first-order chi connectivity index (χ1) is 11.6. The molecule has 120 valence electrons. The number of hydrogen-bond donors (Lipinski definition) is 0. The summed E-state index contributed by atoms with van der Waals surface area (Å²) in [5.74, 6) is 1.56. The van der Waals surface area contributed by atoms with Gasteiger partial charge in [0.2, 0.25) is 5.78 Å². The van der Waals surface area contributed by atoms with E-state index in [1.54, 1.807) is 19.2 Å². The first-order valence-corrected chi connectivity index (χ1v) is 7.76. The van der Waals surface area contributed by atoms with E-state index in [4.69, 9.17) is 9.47 Å². The molecule has 1 aromatic heterocycles. The molecule has 0 atom stereocenters. The van der Waals surface area contributed by atoms with Crippen molar-refractivity contribution in [2.45, 2.75) is 6.92 Å². The number of para-hydroxylation sites is 1. The fourth-order valence-electron chi connectivity index (χ4n) is 3.22. The van der Waals surface area contributed by atoms with Gasteiger partial charge in [0.25, 0.3) is 0 Å². The summed E-state index contributed by atoms with van der Waals surface area (Å²) < 4.78 is 13.2. The summed E-state index contributed by atoms with van der Waals surface area (Å²) in [5.41, 5.74) is 3.50. The van der Waals surface area contributed by atoms with Crippen LogP contribution in [0.1, 0.15) is 21.5 Å². The molecule has 0 N–H and O–H groups in total. The predicted octanol–water partition coefficient (Wildman–Crippen LogP) is 4.11. The van der Waals surface area contributed by atoms with Crippen LogP contribution in [0, 0.1) is 6.92 Å². The van der Waals surface area contributed by atoms with E-state index < -0.39 is 0 Å². The van der Waals surface area contributed by atoms with Crippen molar-refractivity contribution in [2.75, 3.05) is 7.11 Å². The number of carbonyl (C=O) groups excluding carboxylic acids is 1. The van der Waals surface area contributed by atoms with E-state index in [-0.39, 0.29) is 5.78 Å². The van der Waals surface area contributed by atoms with E-state index in [2.05, 4.69) is 6.07 Å². The molecule has 1 aliphatic rings. The molecule has 2 heterocycles. The van der Waals surface area contributed by atoms with E-state index in [9.17, 15) is 4.79 Å². The Morgan fingerprint density at radius 1 is 1.17 bits per heavy atom. The highest BCUT2D eigenvalue weighted by Gasteiger charge is 2.30. The number of methoxy groups -OCH3 is 1. The Morgan fingerprint density at radius 3 is 2.75 bits per heavy atom. The smallest absolute Gasteiger partial charge is 0.231 e. The molecule has 1 aliphatic heterocycles. The van der Waals surface area contributed by atoms with Crippen LogP contribution in [0.3, 0.4) is 0 Å². The van der Waals surface area contributed by atoms with Crippen molar-refractivity contribution in [1.29, 1.82) is 0 Å². The van der Waals surface area contributed by atoms with E-state index >= 15 is 0 Å². The average Bonchev–Trinajstić information content (AvgIpc) is 3.08. The fourth-order valence-corrected chi connectivity index (χ4v) is 3.22. The zero-order valence-electron chi connectivity index (χ0n) is 13.8. The minimum Gasteiger partial charge on any atom is -0.496 e. The molecular weight excluding hydrogens is 302 g/mol. The Hall–Kier alpha value is -3.01. The zero-order chi connectivity index (χ0) is 16.8. The molecule has 4 heteroatoms. The number of fused-ring (bicyclic) bond motifs is 2. The lowest BCUT2D eigenvalue weighted by Gasteiger charge is -2.07. The van der Waals surface area contributed by atoms with Crippen LogP contribution in [0.25, 0.3) is 17.0 Å². The Balaban J connectivity index is 1.82. The lowest BCUT2D eigenvalue weighted by molar-refractivity contribution is 0.101. The normalized spacial score (nSPS) is 15.0. The van der Waals surface area contributed by atoms with Gasteiger partial charge in [-0.15, -0.1) is 0 Å². The molecule has 0 saturated heterocycles. The molecule has 0 amide bonds. The summed E-state index contributed by atoms with van der Waals surface area (Å²) >= 11 is 0. The first kappa shape index (κ1) is 14.6. The number of Topliss-reactive ketones (excluding diaryl/α,β-unsaturated/α-hetero) is 1. The van der Waals surface area contributed by atoms with Gasteiger partial charge in [-0.3, -0.25) is 4.79 Å².